The highest BCUT2D eigenvalue weighted by atomic mass is 32.2. The first-order valence-electron chi connectivity index (χ1n) is 7.95. The van der Waals surface area contributed by atoms with Crippen LogP contribution in [0, 0.1) is 5.92 Å². The van der Waals surface area contributed by atoms with Crippen molar-refractivity contribution in [2.45, 2.75) is 10.8 Å². The van der Waals surface area contributed by atoms with E-state index in [1.165, 1.54) is 0 Å². The van der Waals surface area contributed by atoms with Gasteiger partial charge in [-0.3, -0.25) is 0 Å². The van der Waals surface area contributed by atoms with Crippen LogP contribution >= 0.6 is 0 Å². The van der Waals surface area contributed by atoms with Crippen LogP contribution in [0.5, 0.6) is 5.75 Å². The maximum absolute atomic E-state index is 12.9. The Labute approximate surface area is 143 Å². The Morgan fingerprint density at radius 3 is 2.33 bits per heavy atom. The third-order valence-electron chi connectivity index (χ3n) is 4.64. The lowest BCUT2D eigenvalue weighted by Crippen LogP contribution is -2.30. The lowest BCUT2D eigenvalue weighted by atomic mass is 9.89. The predicted octanol–water partition coefficient (Wildman–Crippen LogP) is 2.06. The van der Waals surface area contributed by atoms with Crippen LogP contribution in [0.4, 0.5) is 0 Å². The standard InChI is InChI=1S/C18H22N2O3S/c1-23-16-7-9-17(10-8-16)24(21,22)20-12-15(11-19)18(13-20)14-5-3-2-4-6-14/h2-10,15,18H,11-13,19H2,1H3/t15-,18+/m1/s1. The van der Waals surface area contributed by atoms with E-state index in [4.69, 9.17) is 10.5 Å². The molecular weight excluding hydrogens is 324 g/mol. The normalized spacial score (nSPS) is 21.8. The molecule has 6 heteroatoms. The molecule has 2 N–H and O–H groups in total. The van der Waals surface area contributed by atoms with Crippen molar-refractivity contribution in [1.82, 2.24) is 4.31 Å². The first kappa shape index (κ1) is 17.0. The summed E-state index contributed by atoms with van der Waals surface area (Å²) in [4.78, 5) is 0.285. The van der Waals surface area contributed by atoms with E-state index in [1.807, 2.05) is 30.3 Å². The second-order valence-corrected chi connectivity index (χ2v) is 7.95. The second kappa shape index (κ2) is 6.93. The van der Waals surface area contributed by atoms with Crippen molar-refractivity contribution >= 4 is 10.0 Å². The number of benzene rings is 2. The van der Waals surface area contributed by atoms with E-state index in [0.717, 1.165) is 5.56 Å². The van der Waals surface area contributed by atoms with Gasteiger partial charge in [0, 0.05) is 19.0 Å². The molecule has 0 aromatic heterocycles. The maximum atomic E-state index is 12.9. The van der Waals surface area contributed by atoms with Crippen molar-refractivity contribution in [1.29, 1.82) is 0 Å². The van der Waals surface area contributed by atoms with Gasteiger partial charge in [0.15, 0.2) is 0 Å². The fourth-order valence-electron chi connectivity index (χ4n) is 3.24. The summed E-state index contributed by atoms with van der Waals surface area (Å²) in [5, 5.41) is 0. The summed E-state index contributed by atoms with van der Waals surface area (Å²) >= 11 is 0. The molecule has 1 aliphatic rings. The first-order chi connectivity index (χ1) is 11.6. The van der Waals surface area contributed by atoms with Gasteiger partial charge in [0.25, 0.3) is 0 Å². The van der Waals surface area contributed by atoms with Crippen LogP contribution in [0.3, 0.4) is 0 Å². The molecule has 24 heavy (non-hydrogen) atoms. The summed E-state index contributed by atoms with van der Waals surface area (Å²) < 4.78 is 32.5. The van der Waals surface area contributed by atoms with Crippen LogP contribution in [-0.2, 0) is 10.0 Å². The Balaban J connectivity index is 1.86. The molecule has 1 aliphatic heterocycles. The van der Waals surface area contributed by atoms with Crippen molar-refractivity contribution in [3.05, 3.63) is 60.2 Å². The van der Waals surface area contributed by atoms with Gasteiger partial charge in [0.1, 0.15) is 5.75 Å². The van der Waals surface area contributed by atoms with Gasteiger partial charge in [0.2, 0.25) is 10.0 Å². The minimum atomic E-state index is -3.53. The van der Waals surface area contributed by atoms with Gasteiger partial charge in [-0.15, -0.1) is 0 Å². The van der Waals surface area contributed by atoms with E-state index in [0.29, 0.717) is 25.4 Å². The van der Waals surface area contributed by atoms with Crippen molar-refractivity contribution < 1.29 is 13.2 Å². The number of methoxy groups -OCH3 is 1. The fourth-order valence-corrected chi connectivity index (χ4v) is 4.76. The number of hydrogen-bond donors (Lipinski definition) is 1. The Kier molecular flexibility index (Phi) is 4.89. The Morgan fingerprint density at radius 2 is 1.75 bits per heavy atom. The molecule has 0 unspecified atom stereocenters. The summed E-state index contributed by atoms with van der Waals surface area (Å²) in [5.41, 5.74) is 7.04. The molecule has 128 valence electrons. The molecule has 3 rings (SSSR count). The van der Waals surface area contributed by atoms with Crippen LogP contribution < -0.4 is 10.5 Å². The number of nitrogens with zero attached hydrogens (tertiary/aromatic N) is 1. The van der Waals surface area contributed by atoms with Crippen LogP contribution in [0.15, 0.2) is 59.5 Å². The largest absolute Gasteiger partial charge is 0.497 e. The number of hydrogen-bond acceptors (Lipinski definition) is 4. The highest BCUT2D eigenvalue weighted by Crippen LogP contribution is 2.35. The summed E-state index contributed by atoms with van der Waals surface area (Å²) in [7, 11) is -1.97. The first-order valence-corrected chi connectivity index (χ1v) is 9.39. The summed E-state index contributed by atoms with van der Waals surface area (Å²) in [6, 6.07) is 16.5. The van der Waals surface area contributed by atoms with E-state index in [9.17, 15) is 8.42 Å². The van der Waals surface area contributed by atoms with Crippen molar-refractivity contribution in [3.8, 4) is 5.75 Å². The van der Waals surface area contributed by atoms with Crippen LogP contribution in [0.25, 0.3) is 0 Å². The van der Waals surface area contributed by atoms with E-state index in [2.05, 4.69) is 0 Å². The highest BCUT2D eigenvalue weighted by Gasteiger charge is 2.39. The molecular formula is C18H22N2O3S. The Hall–Kier alpha value is -1.89. The monoisotopic (exact) mass is 346 g/mol. The predicted molar refractivity (Wildman–Crippen MR) is 93.5 cm³/mol. The Morgan fingerprint density at radius 1 is 1.08 bits per heavy atom. The highest BCUT2D eigenvalue weighted by molar-refractivity contribution is 7.89. The van der Waals surface area contributed by atoms with Crippen LogP contribution in [0.2, 0.25) is 0 Å². The van der Waals surface area contributed by atoms with Gasteiger partial charge in [-0.05, 0) is 42.3 Å². The molecule has 0 bridgehead atoms. The van der Waals surface area contributed by atoms with Gasteiger partial charge >= 0.3 is 0 Å². The van der Waals surface area contributed by atoms with Crippen molar-refractivity contribution in [2.24, 2.45) is 11.7 Å². The molecule has 5 nitrogen and oxygen atoms in total. The molecule has 2 aromatic rings. The lowest BCUT2D eigenvalue weighted by molar-refractivity contribution is 0.414. The molecule has 0 spiro atoms. The maximum Gasteiger partial charge on any atom is 0.243 e. The zero-order valence-corrected chi connectivity index (χ0v) is 14.4. The summed E-state index contributed by atoms with van der Waals surface area (Å²) in [6.07, 6.45) is 0. The third kappa shape index (κ3) is 3.17. The molecule has 0 radical (unpaired) electrons. The average molecular weight is 346 g/mol. The zero-order valence-electron chi connectivity index (χ0n) is 13.6. The molecule has 1 saturated heterocycles. The molecule has 0 amide bonds. The number of sulfonamides is 1. The van der Waals surface area contributed by atoms with E-state index >= 15 is 0 Å². The summed E-state index contributed by atoms with van der Waals surface area (Å²) in [5.74, 6) is 0.891. The lowest BCUT2D eigenvalue weighted by Gasteiger charge is -2.17. The van der Waals surface area contributed by atoms with E-state index < -0.39 is 10.0 Å². The molecule has 2 aromatic carbocycles. The Bertz CT molecular complexity index is 776. The minimum absolute atomic E-state index is 0.125. The van der Waals surface area contributed by atoms with Crippen LogP contribution in [0.1, 0.15) is 11.5 Å². The molecule has 0 saturated carbocycles. The third-order valence-corrected chi connectivity index (χ3v) is 6.48. The van der Waals surface area contributed by atoms with E-state index in [1.54, 1.807) is 35.7 Å². The minimum Gasteiger partial charge on any atom is -0.497 e. The van der Waals surface area contributed by atoms with Gasteiger partial charge in [0.05, 0.1) is 12.0 Å². The van der Waals surface area contributed by atoms with E-state index in [-0.39, 0.29) is 16.7 Å². The smallest absolute Gasteiger partial charge is 0.243 e. The zero-order chi connectivity index (χ0) is 17.2. The SMILES string of the molecule is COc1ccc(S(=O)(=O)N2C[C@@H](CN)[C@H](c3ccccc3)C2)cc1. The molecule has 1 heterocycles. The number of rotatable bonds is 5. The summed E-state index contributed by atoms with van der Waals surface area (Å²) in [6.45, 7) is 1.37. The topological polar surface area (TPSA) is 72.6 Å². The molecule has 0 aliphatic carbocycles. The van der Waals surface area contributed by atoms with Gasteiger partial charge in [-0.25, -0.2) is 8.42 Å². The van der Waals surface area contributed by atoms with Crippen molar-refractivity contribution in [2.75, 3.05) is 26.7 Å². The second-order valence-electron chi connectivity index (χ2n) is 6.01. The van der Waals surface area contributed by atoms with Gasteiger partial charge < -0.3 is 10.5 Å². The van der Waals surface area contributed by atoms with Crippen LogP contribution in [-0.4, -0.2) is 39.5 Å². The van der Waals surface area contributed by atoms with Gasteiger partial charge in [-0.1, -0.05) is 30.3 Å². The number of nitrogens with two attached hydrogens (primary N) is 1. The number of ether oxygens (including phenoxy) is 1. The van der Waals surface area contributed by atoms with Gasteiger partial charge in [-0.2, -0.15) is 4.31 Å². The molecule has 2 atom stereocenters. The quantitative estimate of drug-likeness (QED) is 0.899. The fraction of sp³-hybridized carbons (Fsp3) is 0.333. The van der Waals surface area contributed by atoms with Crippen molar-refractivity contribution in [3.63, 3.8) is 0 Å². The molecule has 1 fully saturated rings. The average Bonchev–Trinajstić information content (AvgIpc) is 3.08.